The largest absolute Gasteiger partial charge is 0.370 e. The van der Waals surface area contributed by atoms with Crippen molar-refractivity contribution in [2.75, 3.05) is 0 Å². The van der Waals surface area contributed by atoms with Crippen molar-refractivity contribution in [1.82, 2.24) is 0 Å². The van der Waals surface area contributed by atoms with Gasteiger partial charge in [0.2, 0.25) is 5.91 Å². The minimum atomic E-state index is -0.147. The summed E-state index contributed by atoms with van der Waals surface area (Å²) in [7, 11) is 0. The molecule has 0 aromatic heterocycles. The molecule has 146 valence electrons. The maximum atomic E-state index is 10.5. The zero-order valence-electron chi connectivity index (χ0n) is 16.5. The molecule has 3 heteroatoms. The zero-order valence-corrected chi connectivity index (χ0v) is 16.5. The normalized spacial score (nSPS) is 13.5. The van der Waals surface area contributed by atoms with E-state index in [1.165, 1.54) is 61.8 Å². The second-order valence-electron chi connectivity index (χ2n) is 6.91. The van der Waals surface area contributed by atoms with Gasteiger partial charge in [0.1, 0.15) is 6.29 Å². The molecule has 0 heterocycles. The van der Waals surface area contributed by atoms with Crippen molar-refractivity contribution in [2.45, 2.75) is 58.3 Å². The van der Waals surface area contributed by atoms with E-state index in [9.17, 15) is 4.79 Å². The number of carbonyl (C=O) groups is 2. The SMILES string of the molecule is C=Cc1ccc2ccccc2c1.CC=O.NC(=O)CCCC1CCCCC1. The molecular weight excluding hydrogens is 334 g/mol. The lowest BCUT2D eigenvalue weighted by molar-refractivity contribution is -0.118. The van der Waals surface area contributed by atoms with Gasteiger partial charge < -0.3 is 10.5 Å². The van der Waals surface area contributed by atoms with Crippen LogP contribution in [0.4, 0.5) is 0 Å². The average molecular weight is 368 g/mol. The summed E-state index contributed by atoms with van der Waals surface area (Å²) in [6.07, 6.45) is 12.3. The minimum Gasteiger partial charge on any atom is -0.370 e. The Morgan fingerprint density at radius 2 is 1.74 bits per heavy atom. The van der Waals surface area contributed by atoms with Gasteiger partial charge in [-0.1, -0.05) is 81.2 Å². The number of primary amides is 1. The summed E-state index contributed by atoms with van der Waals surface area (Å²) in [5, 5.41) is 2.55. The topological polar surface area (TPSA) is 60.2 Å². The highest BCUT2D eigenvalue weighted by Crippen LogP contribution is 2.27. The molecule has 1 aliphatic carbocycles. The molecule has 0 saturated heterocycles. The van der Waals surface area contributed by atoms with Crippen molar-refractivity contribution < 1.29 is 9.59 Å². The molecular formula is C24H33NO2. The van der Waals surface area contributed by atoms with Crippen molar-refractivity contribution in [3.63, 3.8) is 0 Å². The van der Waals surface area contributed by atoms with E-state index in [2.05, 4.69) is 49.0 Å². The Bertz CT molecular complexity index is 702. The predicted octanol–water partition coefficient (Wildman–Crippen LogP) is 5.91. The smallest absolute Gasteiger partial charge is 0.217 e. The summed E-state index contributed by atoms with van der Waals surface area (Å²) in [6.45, 7) is 5.18. The lowest BCUT2D eigenvalue weighted by Crippen LogP contribution is -2.12. The number of hydrogen-bond acceptors (Lipinski definition) is 2. The van der Waals surface area contributed by atoms with E-state index in [4.69, 9.17) is 10.5 Å². The summed E-state index contributed by atoms with van der Waals surface area (Å²) in [6, 6.07) is 14.7. The van der Waals surface area contributed by atoms with Crippen LogP contribution >= 0.6 is 0 Å². The monoisotopic (exact) mass is 367 g/mol. The Morgan fingerprint density at radius 1 is 1.11 bits per heavy atom. The van der Waals surface area contributed by atoms with E-state index >= 15 is 0 Å². The van der Waals surface area contributed by atoms with Gasteiger partial charge in [0.25, 0.3) is 0 Å². The van der Waals surface area contributed by atoms with Crippen LogP contribution in [0.25, 0.3) is 16.8 Å². The maximum absolute atomic E-state index is 10.5. The van der Waals surface area contributed by atoms with Crippen molar-refractivity contribution >= 4 is 29.0 Å². The molecule has 0 aliphatic heterocycles. The number of nitrogens with two attached hydrogens (primary N) is 1. The van der Waals surface area contributed by atoms with Gasteiger partial charge >= 0.3 is 0 Å². The Kier molecular flexibility index (Phi) is 11.5. The molecule has 2 aromatic carbocycles. The van der Waals surface area contributed by atoms with Crippen LogP contribution in [0.15, 0.2) is 49.0 Å². The first-order chi connectivity index (χ1) is 13.1. The quantitative estimate of drug-likeness (QED) is 0.668. The third-order valence-electron chi connectivity index (χ3n) is 4.77. The van der Waals surface area contributed by atoms with Crippen LogP contribution in [0.2, 0.25) is 0 Å². The maximum Gasteiger partial charge on any atom is 0.217 e. The van der Waals surface area contributed by atoms with Crippen LogP contribution in [0.5, 0.6) is 0 Å². The standard InChI is InChI=1S/C12H10.C10H19NO.C2H4O/c1-2-10-7-8-11-5-3-4-6-12(11)9-10;11-10(12)8-4-7-9-5-2-1-3-6-9;1-2-3/h2-9H,1H2;9H,1-8H2,(H2,11,12);2H,1H3. The van der Waals surface area contributed by atoms with Gasteiger partial charge in [-0.25, -0.2) is 0 Å². The van der Waals surface area contributed by atoms with Gasteiger partial charge in [-0.05, 0) is 48.1 Å². The molecule has 3 nitrogen and oxygen atoms in total. The number of amides is 1. The molecule has 2 N–H and O–H groups in total. The minimum absolute atomic E-state index is 0.147. The van der Waals surface area contributed by atoms with Crippen LogP contribution in [-0.2, 0) is 9.59 Å². The van der Waals surface area contributed by atoms with Crippen molar-refractivity contribution in [3.05, 3.63) is 54.6 Å². The predicted molar refractivity (Wildman–Crippen MR) is 115 cm³/mol. The van der Waals surface area contributed by atoms with Gasteiger partial charge in [0.05, 0.1) is 0 Å². The van der Waals surface area contributed by atoms with E-state index in [0.29, 0.717) is 6.42 Å². The third kappa shape index (κ3) is 9.74. The fourth-order valence-electron chi connectivity index (χ4n) is 3.38. The molecule has 1 saturated carbocycles. The molecule has 2 aromatic rings. The Labute approximate surface area is 163 Å². The molecule has 1 amide bonds. The number of aldehydes is 1. The van der Waals surface area contributed by atoms with Gasteiger partial charge in [0, 0.05) is 6.42 Å². The molecule has 0 spiro atoms. The molecule has 1 fully saturated rings. The molecule has 0 unspecified atom stereocenters. The fraction of sp³-hybridized carbons (Fsp3) is 0.417. The third-order valence-corrected chi connectivity index (χ3v) is 4.77. The zero-order chi connectivity index (χ0) is 19.9. The Hall–Kier alpha value is -2.42. The lowest BCUT2D eigenvalue weighted by Gasteiger charge is -2.20. The number of hydrogen-bond donors (Lipinski definition) is 1. The summed E-state index contributed by atoms with van der Waals surface area (Å²) in [5.41, 5.74) is 6.24. The summed E-state index contributed by atoms with van der Waals surface area (Å²) in [5.74, 6) is 0.740. The van der Waals surface area contributed by atoms with Crippen molar-refractivity contribution in [2.24, 2.45) is 11.7 Å². The first-order valence-corrected chi connectivity index (χ1v) is 9.90. The van der Waals surface area contributed by atoms with Gasteiger partial charge in [-0.2, -0.15) is 0 Å². The Morgan fingerprint density at radius 3 is 2.33 bits per heavy atom. The first-order valence-electron chi connectivity index (χ1n) is 9.90. The van der Waals surface area contributed by atoms with E-state index < -0.39 is 0 Å². The van der Waals surface area contributed by atoms with Crippen LogP contribution < -0.4 is 5.73 Å². The van der Waals surface area contributed by atoms with Crippen molar-refractivity contribution in [3.8, 4) is 0 Å². The van der Waals surface area contributed by atoms with Crippen LogP contribution in [0.1, 0.15) is 63.9 Å². The summed E-state index contributed by atoms with van der Waals surface area (Å²) in [4.78, 5) is 19.3. The van der Waals surface area contributed by atoms with E-state index in [1.807, 2.05) is 6.08 Å². The number of carbonyl (C=O) groups excluding carboxylic acids is 2. The fourth-order valence-corrected chi connectivity index (χ4v) is 3.38. The number of benzene rings is 2. The van der Waals surface area contributed by atoms with E-state index in [1.54, 1.807) is 0 Å². The molecule has 1 aliphatic rings. The highest BCUT2D eigenvalue weighted by atomic mass is 16.1. The average Bonchev–Trinajstić information content (AvgIpc) is 2.69. The molecule has 0 radical (unpaired) electrons. The first kappa shape index (κ1) is 22.6. The molecule has 0 bridgehead atoms. The summed E-state index contributed by atoms with van der Waals surface area (Å²) >= 11 is 0. The number of rotatable bonds is 5. The van der Waals surface area contributed by atoms with Crippen LogP contribution in [0, 0.1) is 5.92 Å². The van der Waals surface area contributed by atoms with Crippen LogP contribution in [-0.4, -0.2) is 12.2 Å². The van der Waals surface area contributed by atoms with Gasteiger partial charge in [0.15, 0.2) is 0 Å². The van der Waals surface area contributed by atoms with E-state index in [-0.39, 0.29) is 5.91 Å². The lowest BCUT2D eigenvalue weighted by atomic mass is 9.86. The highest BCUT2D eigenvalue weighted by molar-refractivity contribution is 5.84. The molecule has 3 rings (SSSR count). The van der Waals surface area contributed by atoms with Crippen molar-refractivity contribution in [1.29, 1.82) is 0 Å². The Balaban J connectivity index is 0.000000236. The molecule has 0 atom stereocenters. The van der Waals surface area contributed by atoms with Gasteiger partial charge in [-0.3, -0.25) is 4.79 Å². The summed E-state index contributed by atoms with van der Waals surface area (Å²) < 4.78 is 0. The number of fused-ring (bicyclic) bond motifs is 1. The highest BCUT2D eigenvalue weighted by Gasteiger charge is 2.12. The van der Waals surface area contributed by atoms with E-state index in [0.717, 1.165) is 18.6 Å². The second-order valence-corrected chi connectivity index (χ2v) is 6.91. The second kappa shape index (κ2) is 13.7. The van der Waals surface area contributed by atoms with Crippen LogP contribution in [0.3, 0.4) is 0 Å². The molecule has 27 heavy (non-hydrogen) atoms. The van der Waals surface area contributed by atoms with Gasteiger partial charge in [-0.15, -0.1) is 0 Å².